The average Bonchev–Trinajstić information content (AvgIpc) is 3.04. The van der Waals surface area contributed by atoms with Crippen molar-refractivity contribution in [3.63, 3.8) is 0 Å². The summed E-state index contributed by atoms with van der Waals surface area (Å²) in [7, 11) is 4.52. The van der Waals surface area contributed by atoms with Crippen molar-refractivity contribution in [1.29, 1.82) is 0 Å². The van der Waals surface area contributed by atoms with E-state index in [1.807, 2.05) is 24.3 Å². The van der Waals surface area contributed by atoms with Gasteiger partial charge in [0.15, 0.2) is 0 Å². The van der Waals surface area contributed by atoms with Crippen molar-refractivity contribution in [2.75, 3.05) is 26.7 Å². The van der Waals surface area contributed by atoms with Crippen LogP contribution in [0.3, 0.4) is 0 Å². The summed E-state index contributed by atoms with van der Waals surface area (Å²) in [6.07, 6.45) is 4.69. The van der Waals surface area contributed by atoms with Crippen LogP contribution in [0.15, 0.2) is 39.9 Å². The van der Waals surface area contributed by atoms with Crippen LogP contribution in [0.25, 0.3) is 0 Å². The lowest BCUT2D eigenvalue weighted by Crippen LogP contribution is -2.43. The highest BCUT2D eigenvalue weighted by Gasteiger charge is 2.23. The number of ether oxygens (including phenoxy) is 1. The molecule has 2 aromatic rings. The molecule has 3 rings (SSSR count). The van der Waals surface area contributed by atoms with E-state index in [-0.39, 0.29) is 11.7 Å². The molecule has 1 N–H and O–H groups in total. The van der Waals surface area contributed by atoms with E-state index in [0.717, 1.165) is 41.8 Å². The Balaban J connectivity index is 1.83. The number of methoxy groups -OCH3 is 1. The summed E-state index contributed by atoms with van der Waals surface area (Å²) >= 11 is 0. The Bertz CT molecular complexity index is 986. The molecule has 0 radical (unpaired) electrons. The predicted octanol–water partition coefficient (Wildman–Crippen LogP) is 1.44. The molecule has 1 aliphatic heterocycles. The fourth-order valence-electron chi connectivity index (χ4n) is 3.92. The molecule has 1 amide bonds. The molecule has 0 unspecified atom stereocenters. The monoisotopic (exact) mass is 414 g/mol. The number of nitrogens with one attached hydrogen (secondary N) is 1. The van der Waals surface area contributed by atoms with Gasteiger partial charge >= 0.3 is 5.69 Å². The van der Waals surface area contributed by atoms with Gasteiger partial charge in [-0.3, -0.25) is 23.6 Å². The number of hydrogen-bond donors (Lipinski definition) is 1. The minimum atomic E-state index is -0.521. The molecule has 1 aromatic heterocycles. The Morgan fingerprint density at radius 1 is 1.03 bits per heavy atom. The highest BCUT2D eigenvalue weighted by molar-refractivity contribution is 5.92. The van der Waals surface area contributed by atoms with Gasteiger partial charge in [0.05, 0.1) is 13.2 Å². The summed E-state index contributed by atoms with van der Waals surface area (Å²) in [6.45, 7) is 2.32. The minimum Gasteiger partial charge on any atom is -0.497 e. The quantitative estimate of drug-likeness (QED) is 0.773. The van der Waals surface area contributed by atoms with Gasteiger partial charge in [-0.05, 0) is 43.6 Å². The molecule has 1 aromatic carbocycles. The van der Waals surface area contributed by atoms with Gasteiger partial charge in [-0.1, -0.05) is 25.0 Å². The Hall–Kier alpha value is -2.87. The van der Waals surface area contributed by atoms with Crippen LogP contribution in [0, 0.1) is 0 Å². The third kappa shape index (κ3) is 4.81. The summed E-state index contributed by atoms with van der Waals surface area (Å²) in [5.41, 5.74) is 0.137. The number of benzene rings is 1. The zero-order chi connectivity index (χ0) is 21.7. The Labute approximate surface area is 176 Å². The number of amides is 1. The molecule has 1 saturated heterocycles. The molecule has 0 saturated carbocycles. The molecule has 8 heteroatoms. The highest BCUT2D eigenvalue weighted by Crippen LogP contribution is 2.25. The maximum absolute atomic E-state index is 12.8. The molecule has 162 valence electrons. The predicted molar refractivity (Wildman–Crippen MR) is 115 cm³/mol. The van der Waals surface area contributed by atoms with E-state index in [1.54, 1.807) is 7.11 Å². The summed E-state index contributed by atoms with van der Waals surface area (Å²) < 4.78 is 7.45. The lowest BCUT2D eigenvalue weighted by atomic mass is 10.0. The van der Waals surface area contributed by atoms with Crippen LogP contribution in [-0.4, -0.2) is 46.7 Å². The van der Waals surface area contributed by atoms with Crippen molar-refractivity contribution in [1.82, 2.24) is 19.4 Å². The third-order valence-electron chi connectivity index (χ3n) is 5.80. The highest BCUT2D eigenvalue weighted by atomic mass is 16.5. The van der Waals surface area contributed by atoms with Crippen molar-refractivity contribution in [3.8, 4) is 5.75 Å². The van der Waals surface area contributed by atoms with E-state index in [2.05, 4.69) is 10.2 Å². The molecule has 2 heterocycles. The van der Waals surface area contributed by atoms with Crippen LogP contribution >= 0.6 is 0 Å². The zero-order valence-electron chi connectivity index (χ0n) is 17.9. The SMILES string of the molecule is COc1ccc([C@H](CNC(=O)c2cc(=O)n(C)c(=O)n2C)N2CCCCCC2)cc1. The largest absolute Gasteiger partial charge is 0.497 e. The van der Waals surface area contributed by atoms with Gasteiger partial charge in [-0.25, -0.2) is 4.79 Å². The van der Waals surface area contributed by atoms with Gasteiger partial charge in [0.2, 0.25) is 0 Å². The maximum Gasteiger partial charge on any atom is 0.331 e. The Kier molecular flexibility index (Phi) is 7.10. The number of rotatable bonds is 6. The molecule has 0 spiro atoms. The number of carbonyl (C=O) groups excluding carboxylic acids is 1. The van der Waals surface area contributed by atoms with E-state index < -0.39 is 17.2 Å². The van der Waals surface area contributed by atoms with Crippen molar-refractivity contribution in [3.05, 3.63) is 62.4 Å². The average molecular weight is 415 g/mol. The normalized spacial score (nSPS) is 16.0. The topological polar surface area (TPSA) is 85.6 Å². The molecule has 0 aliphatic carbocycles. The van der Waals surface area contributed by atoms with Gasteiger partial charge in [0.25, 0.3) is 11.5 Å². The van der Waals surface area contributed by atoms with Gasteiger partial charge in [-0.2, -0.15) is 0 Å². The van der Waals surface area contributed by atoms with Crippen molar-refractivity contribution < 1.29 is 9.53 Å². The van der Waals surface area contributed by atoms with E-state index >= 15 is 0 Å². The Morgan fingerprint density at radius 3 is 2.27 bits per heavy atom. The standard InChI is InChI=1S/C22H30N4O4/c1-24-18(14-20(27)25(2)22(24)29)21(28)23-15-19(26-12-6-4-5-7-13-26)16-8-10-17(30-3)11-9-16/h8-11,14,19H,4-7,12-13,15H2,1-3H3,(H,23,28)/t19-/m0/s1. The molecule has 8 nitrogen and oxygen atoms in total. The third-order valence-corrected chi connectivity index (χ3v) is 5.80. The van der Waals surface area contributed by atoms with E-state index in [1.165, 1.54) is 37.6 Å². The second-order valence-electron chi connectivity index (χ2n) is 7.72. The molecular weight excluding hydrogens is 384 g/mol. The van der Waals surface area contributed by atoms with Crippen molar-refractivity contribution in [2.45, 2.75) is 31.7 Å². The molecular formula is C22H30N4O4. The number of aromatic nitrogens is 2. The van der Waals surface area contributed by atoms with Gasteiger partial charge in [0.1, 0.15) is 11.4 Å². The zero-order valence-corrected chi connectivity index (χ0v) is 17.9. The first-order valence-electron chi connectivity index (χ1n) is 10.4. The molecule has 30 heavy (non-hydrogen) atoms. The van der Waals surface area contributed by atoms with E-state index in [4.69, 9.17) is 4.74 Å². The van der Waals surface area contributed by atoms with Gasteiger partial charge < -0.3 is 10.1 Å². The second kappa shape index (κ2) is 9.75. The lowest BCUT2D eigenvalue weighted by Gasteiger charge is -2.31. The summed E-state index contributed by atoms with van der Waals surface area (Å²) in [5.74, 6) is 0.355. The first-order chi connectivity index (χ1) is 14.4. The number of carbonyl (C=O) groups is 1. The van der Waals surface area contributed by atoms with Crippen molar-refractivity contribution in [2.24, 2.45) is 14.1 Å². The van der Waals surface area contributed by atoms with E-state index in [0.29, 0.717) is 6.54 Å². The van der Waals surface area contributed by atoms with Gasteiger partial charge in [0, 0.05) is 26.7 Å². The maximum atomic E-state index is 12.8. The van der Waals surface area contributed by atoms with Crippen LogP contribution in [0.1, 0.15) is 47.8 Å². The first kappa shape index (κ1) is 21.8. The molecule has 1 fully saturated rings. The van der Waals surface area contributed by atoms with Gasteiger partial charge in [-0.15, -0.1) is 0 Å². The number of likely N-dealkylation sites (tertiary alicyclic amines) is 1. The lowest BCUT2D eigenvalue weighted by molar-refractivity contribution is 0.0923. The van der Waals surface area contributed by atoms with E-state index in [9.17, 15) is 14.4 Å². The number of hydrogen-bond acceptors (Lipinski definition) is 5. The summed E-state index contributed by atoms with van der Waals surface area (Å²) in [5, 5.41) is 2.94. The van der Waals surface area contributed by atoms with Crippen molar-refractivity contribution >= 4 is 5.91 Å². The smallest absolute Gasteiger partial charge is 0.331 e. The molecule has 1 atom stereocenters. The van der Waals surface area contributed by atoms with Crippen LogP contribution in [0.5, 0.6) is 5.75 Å². The summed E-state index contributed by atoms with van der Waals surface area (Å²) in [6, 6.07) is 9.09. The second-order valence-corrected chi connectivity index (χ2v) is 7.72. The summed E-state index contributed by atoms with van der Waals surface area (Å²) in [4.78, 5) is 39.3. The van der Waals surface area contributed by atoms with Crippen LogP contribution in [0.2, 0.25) is 0 Å². The Morgan fingerprint density at radius 2 is 1.67 bits per heavy atom. The number of nitrogens with zero attached hydrogens (tertiary/aromatic N) is 3. The molecule has 1 aliphatic rings. The van der Waals surface area contributed by atoms with Crippen LogP contribution in [-0.2, 0) is 14.1 Å². The fraction of sp³-hybridized carbons (Fsp3) is 0.500. The molecule has 0 bridgehead atoms. The van der Waals surface area contributed by atoms with Crippen LogP contribution < -0.4 is 21.3 Å². The first-order valence-corrected chi connectivity index (χ1v) is 10.4. The minimum absolute atomic E-state index is 0.00142. The fourth-order valence-corrected chi connectivity index (χ4v) is 3.92. The van der Waals surface area contributed by atoms with Crippen LogP contribution in [0.4, 0.5) is 0 Å².